The lowest BCUT2D eigenvalue weighted by Crippen LogP contribution is -2.47. The summed E-state index contributed by atoms with van der Waals surface area (Å²) in [5, 5.41) is 7.45. The summed E-state index contributed by atoms with van der Waals surface area (Å²) in [5.41, 5.74) is 3.91. The van der Waals surface area contributed by atoms with Gasteiger partial charge in [-0.15, -0.1) is 0 Å². The molecule has 5 nitrogen and oxygen atoms in total. The maximum Gasteiger partial charge on any atom is 0.249 e. The lowest BCUT2D eigenvalue weighted by atomic mass is 9.80. The molecule has 4 rings (SSSR count). The molecule has 24 heavy (non-hydrogen) atoms. The summed E-state index contributed by atoms with van der Waals surface area (Å²) in [6.45, 7) is 1.09. The van der Waals surface area contributed by atoms with Gasteiger partial charge in [0.05, 0.1) is 5.69 Å². The van der Waals surface area contributed by atoms with Crippen molar-refractivity contribution in [3.05, 3.63) is 35.8 Å². The zero-order chi connectivity index (χ0) is 16.7. The summed E-state index contributed by atoms with van der Waals surface area (Å²) in [7, 11) is 0. The zero-order valence-electron chi connectivity index (χ0n) is 13.1. The van der Waals surface area contributed by atoms with Gasteiger partial charge in [-0.05, 0) is 18.6 Å². The monoisotopic (exact) mass is 332 g/mol. The Hall–Kier alpha value is -2.31. The highest BCUT2D eigenvalue weighted by molar-refractivity contribution is 5.80. The van der Waals surface area contributed by atoms with Crippen LogP contribution in [0.2, 0.25) is 0 Å². The molecule has 7 heteroatoms. The first-order valence-electron chi connectivity index (χ1n) is 8.17. The minimum atomic E-state index is -2.66. The molecule has 1 aliphatic heterocycles. The van der Waals surface area contributed by atoms with E-state index in [9.17, 15) is 13.6 Å². The molecule has 0 atom stereocenters. The van der Waals surface area contributed by atoms with Gasteiger partial charge in [0.2, 0.25) is 11.8 Å². The summed E-state index contributed by atoms with van der Waals surface area (Å²) in [5.74, 6) is -3.32. The highest BCUT2D eigenvalue weighted by atomic mass is 19.3. The number of halogens is 2. The number of amides is 1. The third-order valence-corrected chi connectivity index (χ3v) is 4.90. The molecule has 126 valence electrons. The Bertz CT molecular complexity index is 751. The van der Waals surface area contributed by atoms with Gasteiger partial charge in [-0.3, -0.25) is 14.9 Å². The molecule has 2 aromatic heterocycles. The van der Waals surface area contributed by atoms with Crippen LogP contribution in [0.15, 0.2) is 24.5 Å². The SMILES string of the molecule is O=C(C1CC(F)(F)C1)N1CCc2[nH]nc(-c3cccnc3)c2CC1. The normalized spacial score (nSPS) is 20.2. The Morgan fingerprint density at radius 2 is 2.08 bits per heavy atom. The third-order valence-electron chi connectivity index (χ3n) is 4.90. The van der Waals surface area contributed by atoms with Crippen LogP contribution in [0, 0.1) is 5.92 Å². The van der Waals surface area contributed by atoms with Crippen LogP contribution in [0.4, 0.5) is 8.78 Å². The molecule has 3 heterocycles. The van der Waals surface area contributed by atoms with E-state index in [1.54, 1.807) is 17.3 Å². The Morgan fingerprint density at radius 3 is 2.79 bits per heavy atom. The fraction of sp³-hybridized carbons (Fsp3) is 0.471. The lowest BCUT2D eigenvalue weighted by Gasteiger charge is -2.37. The third kappa shape index (κ3) is 2.68. The maximum atomic E-state index is 13.0. The number of pyridine rings is 1. The molecule has 0 unspecified atom stereocenters. The molecular weight excluding hydrogens is 314 g/mol. The number of nitrogens with one attached hydrogen (secondary N) is 1. The van der Waals surface area contributed by atoms with E-state index in [1.165, 1.54) is 0 Å². The summed E-state index contributed by atoms with van der Waals surface area (Å²) in [4.78, 5) is 18.3. The van der Waals surface area contributed by atoms with Crippen LogP contribution in [0.25, 0.3) is 11.3 Å². The van der Waals surface area contributed by atoms with Crippen molar-refractivity contribution >= 4 is 5.91 Å². The molecule has 0 saturated heterocycles. The van der Waals surface area contributed by atoms with Crippen molar-refractivity contribution in [2.75, 3.05) is 13.1 Å². The van der Waals surface area contributed by atoms with Crippen molar-refractivity contribution in [3.8, 4) is 11.3 Å². The van der Waals surface area contributed by atoms with E-state index in [2.05, 4.69) is 15.2 Å². The first-order valence-corrected chi connectivity index (χ1v) is 8.17. The molecule has 1 amide bonds. The Labute approximate surface area is 138 Å². The molecule has 2 aliphatic rings. The lowest BCUT2D eigenvalue weighted by molar-refractivity contribution is -0.159. The van der Waals surface area contributed by atoms with Gasteiger partial charge in [-0.2, -0.15) is 5.10 Å². The Balaban J connectivity index is 1.49. The highest BCUT2D eigenvalue weighted by Crippen LogP contribution is 2.43. The number of alkyl halides is 2. The van der Waals surface area contributed by atoms with E-state index >= 15 is 0 Å². The van der Waals surface area contributed by atoms with Crippen LogP contribution in [0.1, 0.15) is 24.1 Å². The van der Waals surface area contributed by atoms with Crippen LogP contribution < -0.4 is 0 Å². The topological polar surface area (TPSA) is 61.9 Å². The molecule has 0 spiro atoms. The van der Waals surface area contributed by atoms with Crippen molar-refractivity contribution in [1.29, 1.82) is 0 Å². The molecule has 1 N–H and O–H groups in total. The largest absolute Gasteiger partial charge is 0.342 e. The average molecular weight is 332 g/mol. The zero-order valence-corrected chi connectivity index (χ0v) is 13.1. The van der Waals surface area contributed by atoms with Gasteiger partial charge < -0.3 is 4.90 Å². The van der Waals surface area contributed by atoms with Gasteiger partial charge in [0.25, 0.3) is 0 Å². The molecule has 1 saturated carbocycles. The minimum absolute atomic E-state index is 0.137. The van der Waals surface area contributed by atoms with Gasteiger partial charge in [0.15, 0.2) is 0 Å². The van der Waals surface area contributed by atoms with Crippen LogP contribution in [0.5, 0.6) is 0 Å². The maximum absolute atomic E-state index is 13.0. The number of H-pyrrole nitrogens is 1. The Morgan fingerprint density at radius 1 is 1.29 bits per heavy atom. The number of nitrogens with zero attached hydrogens (tertiary/aromatic N) is 3. The van der Waals surface area contributed by atoms with Crippen LogP contribution in [-0.4, -0.2) is 45.0 Å². The second kappa shape index (κ2) is 5.65. The number of carbonyl (C=O) groups excluding carboxylic acids is 1. The molecule has 0 bridgehead atoms. The first kappa shape index (κ1) is 15.2. The summed E-state index contributed by atoms with van der Waals surface area (Å²) >= 11 is 0. The van der Waals surface area contributed by atoms with Crippen molar-refractivity contribution in [2.45, 2.75) is 31.6 Å². The molecule has 1 fully saturated rings. The molecule has 2 aromatic rings. The van der Waals surface area contributed by atoms with E-state index in [0.29, 0.717) is 25.9 Å². The van der Waals surface area contributed by atoms with Crippen LogP contribution >= 0.6 is 0 Å². The fourth-order valence-corrected chi connectivity index (χ4v) is 3.54. The number of fused-ring (bicyclic) bond motifs is 1. The number of hydrogen-bond acceptors (Lipinski definition) is 3. The number of hydrogen-bond donors (Lipinski definition) is 1. The van der Waals surface area contributed by atoms with Crippen molar-refractivity contribution in [2.24, 2.45) is 5.92 Å². The summed E-state index contributed by atoms with van der Waals surface area (Å²) in [6, 6.07) is 3.81. The summed E-state index contributed by atoms with van der Waals surface area (Å²) in [6.07, 6.45) is 4.19. The van der Waals surface area contributed by atoms with Gasteiger partial charge in [0.1, 0.15) is 0 Å². The molecule has 0 aromatic carbocycles. The predicted octanol–water partition coefficient (Wildman–Crippen LogP) is 2.44. The smallest absolute Gasteiger partial charge is 0.249 e. The van der Waals surface area contributed by atoms with Crippen molar-refractivity contribution in [3.63, 3.8) is 0 Å². The number of carbonyl (C=O) groups is 1. The van der Waals surface area contributed by atoms with Gasteiger partial charge >= 0.3 is 0 Å². The Kier molecular flexibility index (Phi) is 3.58. The van der Waals surface area contributed by atoms with Gasteiger partial charge in [0, 0.05) is 67.5 Å². The number of aromatic nitrogens is 3. The molecular formula is C17H18F2N4O. The quantitative estimate of drug-likeness (QED) is 0.919. The van der Waals surface area contributed by atoms with Crippen molar-refractivity contribution < 1.29 is 13.6 Å². The van der Waals surface area contributed by atoms with E-state index in [0.717, 1.165) is 22.5 Å². The van der Waals surface area contributed by atoms with E-state index in [4.69, 9.17) is 0 Å². The van der Waals surface area contributed by atoms with E-state index in [1.807, 2.05) is 12.1 Å². The molecule has 0 radical (unpaired) electrons. The standard InChI is InChI=1S/C17H18F2N4O/c18-17(19)8-12(9-17)16(24)23-6-3-13-14(4-7-23)21-22-15(13)11-2-1-5-20-10-11/h1-2,5,10,12H,3-4,6-9H2,(H,21,22). The van der Waals surface area contributed by atoms with E-state index in [-0.39, 0.29) is 18.7 Å². The summed E-state index contributed by atoms with van der Waals surface area (Å²) < 4.78 is 26.0. The average Bonchev–Trinajstić information content (AvgIpc) is 2.84. The van der Waals surface area contributed by atoms with Gasteiger partial charge in [-0.1, -0.05) is 0 Å². The second-order valence-electron chi connectivity index (χ2n) is 6.56. The first-order chi connectivity index (χ1) is 11.5. The molecule has 1 aliphatic carbocycles. The minimum Gasteiger partial charge on any atom is -0.342 e. The van der Waals surface area contributed by atoms with E-state index < -0.39 is 11.8 Å². The second-order valence-corrected chi connectivity index (χ2v) is 6.56. The number of rotatable bonds is 2. The predicted molar refractivity (Wildman–Crippen MR) is 83.5 cm³/mol. The van der Waals surface area contributed by atoms with Crippen LogP contribution in [0.3, 0.4) is 0 Å². The highest BCUT2D eigenvalue weighted by Gasteiger charge is 2.49. The fourth-order valence-electron chi connectivity index (χ4n) is 3.54. The van der Waals surface area contributed by atoms with Crippen molar-refractivity contribution in [1.82, 2.24) is 20.1 Å². The number of aromatic amines is 1. The van der Waals surface area contributed by atoms with Gasteiger partial charge in [-0.25, -0.2) is 8.78 Å². The van der Waals surface area contributed by atoms with Crippen LogP contribution in [-0.2, 0) is 17.6 Å².